The second kappa shape index (κ2) is 9.39. The Morgan fingerprint density at radius 2 is 1.96 bits per heavy atom. The lowest BCUT2D eigenvalue weighted by Crippen LogP contribution is -2.19. The lowest BCUT2D eigenvalue weighted by molar-refractivity contribution is 0.290. The first-order valence-corrected chi connectivity index (χ1v) is 8.49. The van der Waals surface area contributed by atoms with E-state index in [2.05, 4.69) is 71.6 Å². The quantitative estimate of drug-likeness (QED) is 0.289. The zero-order valence-electron chi connectivity index (χ0n) is 15.5. The van der Waals surface area contributed by atoms with Gasteiger partial charge in [0, 0.05) is 0 Å². The smallest absolute Gasteiger partial charge is 0.106 e. The number of hydrogen-bond donors (Lipinski definition) is 0. The summed E-state index contributed by atoms with van der Waals surface area (Å²) in [5, 5.41) is 0. The van der Waals surface area contributed by atoms with E-state index in [4.69, 9.17) is 4.74 Å². The highest BCUT2D eigenvalue weighted by atomic mass is 16.5. The molecule has 0 saturated heterocycles. The maximum absolute atomic E-state index is 5.09. The Bertz CT molecular complexity index is 551. The van der Waals surface area contributed by atoms with Gasteiger partial charge in [-0.05, 0) is 57.1 Å². The molecule has 0 spiro atoms. The van der Waals surface area contributed by atoms with Gasteiger partial charge in [0.1, 0.15) is 6.61 Å². The van der Waals surface area contributed by atoms with Gasteiger partial charge in [0.25, 0.3) is 0 Å². The van der Waals surface area contributed by atoms with Gasteiger partial charge in [0.15, 0.2) is 0 Å². The van der Waals surface area contributed by atoms with Crippen LogP contribution in [-0.4, -0.2) is 6.61 Å². The Kier molecular flexibility index (Phi) is 7.88. The molecule has 0 aliphatic heterocycles. The summed E-state index contributed by atoms with van der Waals surface area (Å²) in [5.41, 5.74) is 5.81. The molecule has 1 nitrogen and oxygen atoms in total. The van der Waals surface area contributed by atoms with Crippen LogP contribution in [0.25, 0.3) is 0 Å². The SMILES string of the molecule is C=COC/C=C(C)/C=C/C=C(C)/C=C/C1=C(C)CCCC1(C)C. The van der Waals surface area contributed by atoms with E-state index in [-0.39, 0.29) is 0 Å². The summed E-state index contributed by atoms with van der Waals surface area (Å²) >= 11 is 0. The molecule has 126 valence electrons. The van der Waals surface area contributed by atoms with Gasteiger partial charge in [-0.3, -0.25) is 0 Å². The summed E-state index contributed by atoms with van der Waals surface area (Å²) in [6.07, 6.45) is 18.2. The minimum absolute atomic E-state index is 0.305. The highest BCUT2D eigenvalue weighted by molar-refractivity contribution is 5.37. The Hall–Kier alpha value is -1.76. The first-order valence-electron chi connectivity index (χ1n) is 8.49. The molecular formula is C22H32O. The fourth-order valence-electron chi connectivity index (χ4n) is 2.95. The van der Waals surface area contributed by atoms with Gasteiger partial charge in [0.2, 0.25) is 0 Å². The predicted molar refractivity (Wildman–Crippen MR) is 102 cm³/mol. The van der Waals surface area contributed by atoms with E-state index in [0.717, 1.165) is 0 Å². The van der Waals surface area contributed by atoms with Crippen LogP contribution in [0.15, 0.2) is 71.6 Å². The van der Waals surface area contributed by atoms with Crippen LogP contribution in [0, 0.1) is 5.41 Å². The fourth-order valence-corrected chi connectivity index (χ4v) is 2.95. The molecule has 0 atom stereocenters. The van der Waals surface area contributed by atoms with Gasteiger partial charge in [-0.1, -0.05) is 67.5 Å². The van der Waals surface area contributed by atoms with Gasteiger partial charge < -0.3 is 4.74 Å². The third kappa shape index (κ3) is 6.90. The summed E-state index contributed by atoms with van der Waals surface area (Å²) < 4.78 is 5.09. The van der Waals surface area contributed by atoms with Crippen LogP contribution >= 0.6 is 0 Å². The third-order valence-corrected chi connectivity index (χ3v) is 4.39. The van der Waals surface area contributed by atoms with E-state index in [1.165, 1.54) is 42.2 Å². The van der Waals surface area contributed by atoms with Crippen LogP contribution < -0.4 is 0 Å². The number of rotatable bonds is 7. The van der Waals surface area contributed by atoms with Crippen LogP contribution in [0.1, 0.15) is 53.9 Å². The van der Waals surface area contributed by atoms with Crippen molar-refractivity contribution >= 4 is 0 Å². The van der Waals surface area contributed by atoms with Crippen molar-refractivity contribution in [3.05, 3.63) is 71.6 Å². The average Bonchev–Trinajstić information content (AvgIpc) is 2.46. The number of ether oxygens (including phenoxy) is 1. The zero-order chi connectivity index (χ0) is 17.3. The van der Waals surface area contributed by atoms with E-state index in [9.17, 15) is 0 Å². The molecular weight excluding hydrogens is 280 g/mol. The van der Waals surface area contributed by atoms with Crippen molar-refractivity contribution in [3.63, 3.8) is 0 Å². The molecule has 1 rings (SSSR count). The molecule has 0 amide bonds. The van der Waals surface area contributed by atoms with Crippen molar-refractivity contribution in [2.24, 2.45) is 5.41 Å². The van der Waals surface area contributed by atoms with Crippen LogP contribution in [0.2, 0.25) is 0 Å². The monoisotopic (exact) mass is 312 g/mol. The zero-order valence-corrected chi connectivity index (χ0v) is 15.5. The molecule has 1 heteroatoms. The first-order chi connectivity index (χ1) is 10.9. The average molecular weight is 312 g/mol. The largest absolute Gasteiger partial charge is 0.498 e. The van der Waals surface area contributed by atoms with Crippen LogP contribution in [0.4, 0.5) is 0 Å². The molecule has 0 aromatic heterocycles. The fraction of sp³-hybridized carbons (Fsp3) is 0.455. The normalized spacial score (nSPS) is 19.7. The standard InChI is InChI=1S/C22H32O/c1-7-23-17-15-19(3)11-8-10-18(2)13-14-21-20(4)12-9-16-22(21,5)6/h7-8,10-11,13-15H,1,9,12,16-17H2,2-6H3/b11-8+,14-13+,18-10+,19-15+. The van der Waals surface area contributed by atoms with Crippen molar-refractivity contribution in [2.45, 2.75) is 53.9 Å². The lowest BCUT2D eigenvalue weighted by Gasteiger charge is -2.32. The van der Waals surface area contributed by atoms with Crippen LogP contribution in [0.5, 0.6) is 0 Å². The lowest BCUT2D eigenvalue weighted by atomic mass is 9.72. The third-order valence-electron chi connectivity index (χ3n) is 4.39. The molecule has 0 N–H and O–H groups in total. The van der Waals surface area contributed by atoms with Gasteiger partial charge >= 0.3 is 0 Å². The minimum atomic E-state index is 0.305. The molecule has 0 fully saturated rings. The van der Waals surface area contributed by atoms with Crippen LogP contribution in [0.3, 0.4) is 0 Å². The summed E-state index contributed by atoms with van der Waals surface area (Å²) in [7, 11) is 0. The molecule has 0 unspecified atom stereocenters. The molecule has 0 aromatic carbocycles. The summed E-state index contributed by atoms with van der Waals surface area (Å²) in [6, 6.07) is 0. The summed E-state index contributed by atoms with van der Waals surface area (Å²) in [6.45, 7) is 15.3. The Balaban J connectivity index is 2.69. The van der Waals surface area contributed by atoms with E-state index < -0.39 is 0 Å². The molecule has 1 aliphatic carbocycles. The topological polar surface area (TPSA) is 9.23 Å². The van der Waals surface area contributed by atoms with Crippen molar-refractivity contribution < 1.29 is 4.74 Å². The Morgan fingerprint density at radius 3 is 2.61 bits per heavy atom. The second-order valence-corrected chi connectivity index (χ2v) is 6.98. The van der Waals surface area contributed by atoms with E-state index in [0.29, 0.717) is 12.0 Å². The highest BCUT2D eigenvalue weighted by Gasteiger charge is 2.26. The minimum Gasteiger partial charge on any atom is -0.498 e. The molecule has 0 radical (unpaired) electrons. The van der Waals surface area contributed by atoms with Gasteiger partial charge in [-0.25, -0.2) is 0 Å². The van der Waals surface area contributed by atoms with Gasteiger partial charge in [-0.2, -0.15) is 0 Å². The van der Waals surface area contributed by atoms with E-state index >= 15 is 0 Å². The van der Waals surface area contributed by atoms with Gasteiger partial charge in [-0.15, -0.1) is 0 Å². The maximum atomic E-state index is 5.09. The first kappa shape index (κ1) is 19.3. The summed E-state index contributed by atoms with van der Waals surface area (Å²) in [4.78, 5) is 0. The number of hydrogen-bond acceptors (Lipinski definition) is 1. The van der Waals surface area contributed by atoms with Crippen molar-refractivity contribution in [1.82, 2.24) is 0 Å². The van der Waals surface area contributed by atoms with Gasteiger partial charge in [0.05, 0.1) is 6.26 Å². The summed E-state index contributed by atoms with van der Waals surface area (Å²) in [5.74, 6) is 0. The Morgan fingerprint density at radius 1 is 1.22 bits per heavy atom. The molecule has 0 aromatic rings. The van der Waals surface area contributed by atoms with Crippen LogP contribution in [-0.2, 0) is 4.74 Å². The second-order valence-electron chi connectivity index (χ2n) is 6.98. The Labute approximate surface area is 142 Å². The van der Waals surface area contributed by atoms with Crippen molar-refractivity contribution in [3.8, 4) is 0 Å². The number of allylic oxidation sites excluding steroid dienone is 9. The molecule has 0 bridgehead atoms. The maximum Gasteiger partial charge on any atom is 0.106 e. The van der Waals surface area contributed by atoms with E-state index in [1.54, 1.807) is 5.57 Å². The van der Waals surface area contributed by atoms with Crippen molar-refractivity contribution in [2.75, 3.05) is 6.61 Å². The molecule has 23 heavy (non-hydrogen) atoms. The molecule has 0 heterocycles. The highest BCUT2D eigenvalue weighted by Crippen LogP contribution is 2.40. The molecule has 0 saturated carbocycles. The molecule has 1 aliphatic rings. The van der Waals surface area contributed by atoms with Crippen molar-refractivity contribution in [1.29, 1.82) is 0 Å². The predicted octanol–water partition coefficient (Wildman–Crippen LogP) is 6.68. The van der Waals surface area contributed by atoms with E-state index in [1.807, 2.05) is 6.08 Å².